The molecule has 0 aliphatic carbocycles. The molecule has 62 valence electrons. The van der Waals surface area contributed by atoms with Crippen LogP contribution in [0.25, 0.3) is 0 Å². The highest BCUT2D eigenvalue weighted by atomic mass is 32.1. The average molecular weight is 176 g/mol. The number of thiocarbonyl (C=S) groups is 1. The summed E-state index contributed by atoms with van der Waals surface area (Å²) in [6.07, 6.45) is -1.53. The van der Waals surface area contributed by atoms with Gasteiger partial charge < -0.3 is 20.8 Å². The summed E-state index contributed by atoms with van der Waals surface area (Å²) < 4.78 is 0. The summed E-state index contributed by atoms with van der Waals surface area (Å²) in [6.45, 7) is 0. The Balaban J connectivity index is 2.56. The monoisotopic (exact) mass is 176 g/mol. The maximum atomic E-state index is 10.7. The minimum atomic E-state index is -1.56. The van der Waals surface area contributed by atoms with Gasteiger partial charge in [0, 0.05) is 0 Å². The molecule has 1 saturated heterocycles. The van der Waals surface area contributed by atoms with Crippen LogP contribution in [0.15, 0.2) is 0 Å². The lowest BCUT2D eigenvalue weighted by molar-refractivity contribution is -0.125. The molecule has 0 spiro atoms. The summed E-state index contributed by atoms with van der Waals surface area (Å²) >= 11 is 4.61. The second kappa shape index (κ2) is 3.12. The van der Waals surface area contributed by atoms with Gasteiger partial charge in [0.15, 0.2) is 11.4 Å². The van der Waals surface area contributed by atoms with Crippen LogP contribution in [-0.4, -0.2) is 33.6 Å². The topological polar surface area (TPSA) is 81.6 Å². The third kappa shape index (κ3) is 2.11. The summed E-state index contributed by atoms with van der Waals surface area (Å²) in [7, 11) is 0. The highest BCUT2D eigenvalue weighted by Crippen LogP contribution is 2.00. The van der Waals surface area contributed by atoms with Gasteiger partial charge in [-0.2, -0.15) is 0 Å². The van der Waals surface area contributed by atoms with Crippen LogP contribution in [0.3, 0.4) is 0 Å². The van der Waals surface area contributed by atoms with Crippen molar-refractivity contribution in [1.82, 2.24) is 10.6 Å². The number of rotatable bonds is 1. The van der Waals surface area contributed by atoms with Crippen molar-refractivity contribution in [3.63, 3.8) is 0 Å². The second-order valence-electron chi connectivity index (χ2n) is 2.25. The fourth-order valence-electron chi connectivity index (χ4n) is 0.813. The Bertz CT molecular complexity index is 178. The molecule has 6 heteroatoms. The molecule has 1 fully saturated rings. The number of aliphatic hydroxyl groups is 2. The van der Waals surface area contributed by atoms with Crippen molar-refractivity contribution in [3.8, 4) is 0 Å². The zero-order chi connectivity index (χ0) is 8.43. The van der Waals surface area contributed by atoms with Gasteiger partial charge in [0.2, 0.25) is 5.91 Å². The molecule has 1 aliphatic heterocycles. The Labute approximate surface area is 68.4 Å². The van der Waals surface area contributed by atoms with Crippen molar-refractivity contribution in [3.05, 3.63) is 0 Å². The molecule has 1 heterocycles. The molecule has 0 radical (unpaired) electrons. The van der Waals surface area contributed by atoms with Gasteiger partial charge in [-0.1, -0.05) is 0 Å². The predicted molar refractivity (Wildman–Crippen MR) is 40.5 cm³/mol. The molecule has 1 amide bonds. The van der Waals surface area contributed by atoms with Gasteiger partial charge in [0.25, 0.3) is 0 Å². The molecule has 4 N–H and O–H groups in total. The fraction of sp³-hybridized carbons (Fsp3) is 0.600. The summed E-state index contributed by atoms with van der Waals surface area (Å²) in [6, 6.07) is -0.684. The average Bonchev–Trinajstić information content (AvgIpc) is 1.85. The predicted octanol–water partition coefficient (Wildman–Crippen LogP) is -1.94. The van der Waals surface area contributed by atoms with Gasteiger partial charge in [0.1, 0.15) is 0 Å². The first-order valence-electron chi connectivity index (χ1n) is 3.06. The van der Waals surface area contributed by atoms with Crippen LogP contribution >= 0.6 is 12.2 Å². The zero-order valence-corrected chi connectivity index (χ0v) is 6.39. The largest absolute Gasteiger partial charge is 0.366 e. The van der Waals surface area contributed by atoms with Crippen molar-refractivity contribution in [2.75, 3.05) is 0 Å². The maximum absolute atomic E-state index is 10.7. The summed E-state index contributed by atoms with van der Waals surface area (Å²) in [5, 5.41) is 22.3. The molecule has 1 unspecified atom stereocenters. The highest BCUT2D eigenvalue weighted by molar-refractivity contribution is 7.80. The van der Waals surface area contributed by atoms with Crippen LogP contribution in [0.5, 0.6) is 0 Å². The van der Waals surface area contributed by atoms with E-state index in [2.05, 4.69) is 22.9 Å². The first-order valence-corrected chi connectivity index (χ1v) is 3.47. The number of carbonyl (C=O) groups is 1. The van der Waals surface area contributed by atoms with Gasteiger partial charge in [-0.3, -0.25) is 4.79 Å². The summed E-state index contributed by atoms with van der Waals surface area (Å²) in [5.41, 5.74) is 0. The number of aliphatic hydroxyl groups excluding tert-OH is 1. The van der Waals surface area contributed by atoms with Gasteiger partial charge in [-0.15, -0.1) is 0 Å². The van der Waals surface area contributed by atoms with Crippen LogP contribution in [0.4, 0.5) is 0 Å². The van der Waals surface area contributed by atoms with Gasteiger partial charge in [0.05, 0.1) is 12.5 Å². The van der Waals surface area contributed by atoms with E-state index in [4.69, 9.17) is 10.2 Å². The first-order chi connectivity index (χ1) is 5.09. The van der Waals surface area contributed by atoms with E-state index in [1.54, 1.807) is 0 Å². The molecule has 0 aromatic carbocycles. The van der Waals surface area contributed by atoms with Crippen LogP contribution in [0.1, 0.15) is 6.42 Å². The zero-order valence-electron chi connectivity index (χ0n) is 5.57. The fourth-order valence-corrected chi connectivity index (χ4v) is 1.08. The second-order valence-corrected chi connectivity index (χ2v) is 2.65. The number of carbonyl (C=O) groups excluding carboxylic acids is 1. The van der Waals surface area contributed by atoms with Crippen molar-refractivity contribution in [2.45, 2.75) is 18.8 Å². The van der Waals surface area contributed by atoms with Crippen LogP contribution in [-0.2, 0) is 4.79 Å². The standard InChI is InChI=1S/C5H8N2O3S/c8-3-1-2(4(9)10)6-5(11)7-3/h2,4,9-10H,1H2,(H2,6,7,8,11). The Morgan fingerprint density at radius 1 is 1.64 bits per heavy atom. The van der Waals surface area contributed by atoms with E-state index < -0.39 is 12.3 Å². The summed E-state index contributed by atoms with van der Waals surface area (Å²) in [5.74, 6) is -0.299. The Morgan fingerprint density at radius 2 is 2.27 bits per heavy atom. The quantitative estimate of drug-likeness (QED) is 0.276. The van der Waals surface area contributed by atoms with E-state index in [1.165, 1.54) is 0 Å². The van der Waals surface area contributed by atoms with E-state index in [1.807, 2.05) is 0 Å². The van der Waals surface area contributed by atoms with E-state index in [0.717, 1.165) is 0 Å². The molecule has 5 nitrogen and oxygen atoms in total. The van der Waals surface area contributed by atoms with Crippen LogP contribution in [0, 0.1) is 0 Å². The van der Waals surface area contributed by atoms with Gasteiger partial charge in [-0.05, 0) is 12.2 Å². The van der Waals surface area contributed by atoms with Crippen LogP contribution < -0.4 is 10.6 Å². The maximum Gasteiger partial charge on any atom is 0.228 e. The lowest BCUT2D eigenvalue weighted by Crippen LogP contribution is -2.56. The molecule has 0 aromatic heterocycles. The normalized spacial score (nSPS) is 24.8. The van der Waals surface area contributed by atoms with Crippen LogP contribution in [0.2, 0.25) is 0 Å². The minimum Gasteiger partial charge on any atom is -0.366 e. The number of hydrogen-bond donors (Lipinski definition) is 4. The molecule has 1 aliphatic rings. The van der Waals surface area contributed by atoms with Gasteiger partial charge >= 0.3 is 0 Å². The van der Waals surface area contributed by atoms with E-state index in [-0.39, 0.29) is 17.4 Å². The van der Waals surface area contributed by atoms with Gasteiger partial charge in [-0.25, -0.2) is 0 Å². The van der Waals surface area contributed by atoms with Crippen molar-refractivity contribution in [2.24, 2.45) is 0 Å². The SMILES string of the molecule is O=C1CC(C(O)O)NC(=S)N1. The van der Waals surface area contributed by atoms with E-state index in [0.29, 0.717) is 0 Å². The van der Waals surface area contributed by atoms with E-state index in [9.17, 15) is 4.79 Å². The third-order valence-corrected chi connectivity index (χ3v) is 1.55. The van der Waals surface area contributed by atoms with Crippen molar-refractivity contribution < 1.29 is 15.0 Å². The molecule has 0 aromatic rings. The Hall–Kier alpha value is -0.720. The molecular weight excluding hydrogens is 168 g/mol. The van der Waals surface area contributed by atoms with Crippen molar-refractivity contribution >= 4 is 23.2 Å². The first kappa shape index (κ1) is 8.38. The Kier molecular flexibility index (Phi) is 2.38. The molecule has 1 atom stereocenters. The molecular formula is C5H8N2O3S. The Morgan fingerprint density at radius 3 is 2.73 bits per heavy atom. The molecule has 11 heavy (non-hydrogen) atoms. The third-order valence-electron chi connectivity index (χ3n) is 1.33. The lowest BCUT2D eigenvalue weighted by atomic mass is 10.1. The van der Waals surface area contributed by atoms with E-state index >= 15 is 0 Å². The minimum absolute atomic E-state index is 0.0256. The molecule has 1 rings (SSSR count). The van der Waals surface area contributed by atoms with Crippen molar-refractivity contribution in [1.29, 1.82) is 0 Å². The lowest BCUT2D eigenvalue weighted by Gasteiger charge is -2.25. The molecule has 0 saturated carbocycles. The number of amides is 1. The summed E-state index contributed by atoms with van der Waals surface area (Å²) in [4.78, 5) is 10.7. The number of nitrogens with one attached hydrogen (secondary N) is 2. The smallest absolute Gasteiger partial charge is 0.228 e. The highest BCUT2D eigenvalue weighted by Gasteiger charge is 2.25. The molecule has 0 bridgehead atoms. The number of hydrogen-bond acceptors (Lipinski definition) is 4.